The van der Waals surface area contributed by atoms with E-state index >= 15 is 0 Å². The molecule has 0 fully saturated rings. The number of aryl methyl sites for hydroxylation is 1. The molecular weight excluding hydrogens is 335 g/mol. The second-order valence-electron chi connectivity index (χ2n) is 4.68. The third kappa shape index (κ3) is 3.49. The van der Waals surface area contributed by atoms with Crippen molar-refractivity contribution in [3.05, 3.63) is 34.9 Å². The number of nitrogens with one attached hydrogen (secondary N) is 1. The molecular formula is C16H10F3N5O. The fraction of sp³-hybridized carbons (Fsp3) is 0.188. The SMILES string of the molecule is C#CCNc1cc(-n2nc(C)c(OC(F)F)c2C#N)c(F)cc1C#N. The number of alkyl halides is 2. The molecule has 1 aromatic carbocycles. The third-order valence-corrected chi connectivity index (χ3v) is 3.13. The first-order valence-electron chi connectivity index (χ1n) is 6.78. The van der Waals surface area contributed by atoms with Crippen molar-refractivity contribution >= 4 is 5.69 Å². The number of rotatable bonds is 5. The zero-order valence-electron chi connectivity index (χ0n) is 12.8. The second-order valence-corrected chi connectivity index (χ2v) is 4.68. The van der Waals surface area contributed by atoms with Gasteiger partial charge in [0, 0.05) is 0 Å². The van der Waals surface area contributed by atoms with Crippen molar-refractivity contribution in [1.29, 1.82) is 10.5 Å². The van der Waals surface area contributed by atoms with Crippen LogP contribution < -0.4 is 10.1 Å². The first-order chi connectivity index (χ1) is 11.9. The lowest BCUT2D eigenvalue weighted by Gasteiger charge is -2.10. The molecule has 0 aliphatic carbocycles. The van der Waals surface area contributed by atoms with Crippen LogP contribution in [0, 0.1) is 47.7 Å². The van der Waals surface area contributed by atoms with E-state index in [0.717, 1.165) is 10.7 Å². The molecule has 1 heterocycles. The van der Waals surface area contributed by atoms with Crippen LogP contribution >= 0.6 is 0 Å². The van der Waals surface area contributed by atoms with Gasteiger partial charge in [-0.3, -0.25) is 0 Å². The monoisotopic (exact) mass is 345 g/mol. The Morgan fingerprint density at radius 1 is 1.36 bits per heavy atom. The summed E-state index contributed by atoms with van der Waals surface area (Å²) in [7, 11) is 0. The maximum absolute atomic E-state index is 14.4. The lowest BCUT2D eigenvalue weighted by molar-refractivity contribution is -0.0505. The number of nitrogens with zero attached hydrogens (tertiary/aromatic N) is 4. The van der Waals surface area contributed by atoms with E-state index in [0.29, 0.717) is 0 Å². The van der Waals surface area contributed by atoms with Crippen molar-refractivity contribution in [2.45, 2.75) is 13.5 Å². The van der Waals surface area contributed by atoms with Crippen LogP contribution in [0.25, 0.3) is 5.69 Å². The van der Waals surface area contributed by atoms with E-state index in [4.69, 9.17) is 11.7 Å². The third-order valence-electron chi connectivity index (χ3n) is 3.13. The van der Waals surface area contributed by atoms with Gasteiger partial charge >= 0.3 is 6.61 Å². The van der Waals surface area contributed by atoms with Crippen molar-refractivity contribution in [3.63, 3.8) is 0 Å². The number of nitriles is 2. The van der Waals surface area contributed by atoms with Gasteiger partial charge in [-0.15, -0.1) is 6.42 Å². The number of aromatic nitrogens is 2. The predicted octanol–water partition coefficient (Wildman–Crippen LogP) is 2.71. The molecule has 0 unspecified atom stereocenters. The van der Waals surface area contributed by atoms with Gasteiger partial charge in [0.05, 0.1) is 17.8 Å². The summed E-state index contributed by atoms with van der Waals surface area (Å²) in [5.41, 5.74) is -0.432. The molecule has 0 spiro atoms. The van der Waals surface area contributed by atoms with E-state index in [-0.39, 0.29) is 29.2 Å². The van der Waals surface area contributed by atoms with Crippen LogP contribution in [-0.4, -0.2) is 22.9 Å². The van der Waals surface area contributed by atoms with E-state index in [9.17, 15) is 18.4 Å². The molecule has 0 bridgehead atoms. The molecule has 0 aliphatic heterocycles. The fourth-order valence-electron chi connectivity index (χ4n) is 2.12. The highest BCUT2D eigenvalue weighted by Crippen LogP contribution is 2.30. The predicted molar refractivity (Wildman–Crippen MR) is 81.6 cm³/mol. The first kappa shape index (κ1) is 17.7. The van der Waals surface area contributed by atoms with Crippen LogP contribution in [0.1, 0.15) is 17.0 Å². The summed E-state index contributed by atoms with van der Waals surface area (Å²) in [6.45, 7) is -1.75. The number of anilines is 1. The summed E-state index contributed by atoms with van der Waals surface area (Å²) in [5, 5.41) is 24.9. The molecule has 9 heteroatoms. The van der Waals surface area contributed by atoms with Crippen molar-refractivity contribution in [2.24, 2.45) is 0 Å². The number of halogens is 3. The Balaban J connectivity index is 2.65. The minimum absolute atomic E-state index is 0.0112. The number of hydrogen-bond acceptors (Lipinski definition) is 5. The molecule has 25 heavy (non-hydrogen) atoms. The van der Waals surface area contributed by atoms with Crippen molar-refractivity contribution in [3.8, 4) is 35.9 Å². The summed E-state index contributed by atoms with van der Waals surface area (Å²) < 4.78 is 44.5. The average Bonchev–Trinajstić information content (AvgIpc) is 2.88. The quantitative estimate of drug-likeness (QED) is 0.842. The Bertz CT molecular complexity index is 931. The van der Waals surface area contributed by atoms with Crippen LogP contribution in [0.2, 0.25) is 0 Å². The van der Waals surface area contributed by atoms with Crippen LogP contribution in [-0.2, 0) is 0 Å². The molecule has 2 rings (SSSR count). The van der Waals surface area contributed by atoms with Crippen LogP contribution in [0.3, 0.4) is 0 Å². The average molecular weight is 345 g/mol. The Labute approximate surface area is 141 Å². The van der Waals surface area contributed by atoms with Crippen LogP contribution in [0.5, 0.6) is 5.75 Å². The van der Waals surface area contributed by atoms with E-state index in [1.54, 1.807) is 12.1 Å². The molecule has 2 aromatic rings. The van der Waals surface area contributed by atoms with E-state index in [1.807, 2.05) is 0 Å². The number of ether oxygens (including phenoxy) is 1. The topological polar surface area (TPSA) is 86.7 Å². The molecule has 1 aromatic heterocycles. The maximum Gasteiger partial charge on any atom is 0.387 e. The number of hydrogen-bond donors (Lipinski definition) is 1. The van der Waals surface area contributed by atoms with Crippen LogP contribution in [0.15, 0.2) is 12.1 Å². The van der Waals surface area contributed by atoms with Gasteiger partial charge in [0.2, 0.25) is 0 Å². The van der Waals surface area contributed by atoms with Gasteiger partial charge in [-0.05, 0) is 19.1 Å². The largest absolute Gasteiger partial charge is 0.430 e. The second kappa shape index (κ2) is 7.29. The molecule has 0 atom stereocenters. The highest BCUT2D eigenvalue weighted by molar-refractivity contribution is 5.63. The Morgan fingerprint density at radius 3 is 2.64 bits per heavy atom. The maximum atomic E-state index is 14.4. The van der Waals surface area contributed by atoms with Crippen molar-refractivity contribution < 1.29 is 17.9 Å². The number of benzene rings is 1. The summed E-state index contributed by atoms with van der Waals surface area (Å²) in [6, 6.07) is 5.61. The zero-order chi connectivity index (χ0) is 18.6. The summed E-state index contributed by atoms with van der Waals surface area (Å²) >= 11 is 0. The van der Waals surface area contributed by atoms with Gasteiger partial charge in [0.25, 0.3) is 0 Å². The van der Waals surface area contributed by atoms with E-state index in [2.05, 4.69) is 21.1 Å². The zero-order valence-corrected chi connectivity index (χ0v) is 12.8. The Kier molecular flexibility index (Phi) is 5.16. The van der Waals surface area contributed by atoms with Gasteiger partial charge in [0.15, 0.2) is 11.4 Å². The van der Waals surface area contributed by atoms with Gasteiger partial charge in [-0.2, -0.15) is 24.4 Å². The van der Waals surface area contributed by atoms with Gasteiger partial charge in [0.1, 0.15) is 29.3 Å². The Hall–Kier alpha value is -3.64. The minimum Gasteiger partial charge on any atom is -0.430 e. The Morgan fingerprint density at radius 2 is 2.08 bits per heavy atom. The van der Waals surface area contributed by atoms with Gasteiger partial charge < -0.3 is 10.1 Å². The molecule has 0 saturated carbocycles. The molecule has 0 aliphatic rings. The summed E-state index contributed by atoms with van der Waals surface area (Å²) in [5.74, 6) is 0.991. The lowest BCUT2D eigenvalue weighted by Crippen LogP contribution is -2.08. The molecule has 126 valence electrons. The molecule has 1 N–H and O–H groups in total. The lowest BCUT2D eigenvalue weighted by atomic mass is 10.1. The van der Waals surface area contributed by atoms with Gasteiger partial charge in [-0.25, -0.2) is 9.07 Å². The number of terminal acetylenes is 1. The normalized spacial score (nSPS) is 10.0. The van der Waals surface area contributed by atoms with Crippen molar-refractivity contribution in [1.82, 2.24) is 9.78 Å². The molecule has 0 radical (unpaired) electrons. The first-order valence-corrected chi connectivity index (χ1v) is 6.78. The standard InChI is InChI=1S/C16H10F3N5O/c1-3-4-22-12-6-13(11(17)5-10(12)7-20)24-14(8-21)15(9(2)23-24)25-16(18)19/h1,5-6,16,22H,4H2,2H3. The van der Waals surface area contributed by atoms with E-state index in [1.165, 1.54) is 13.0 Å². The summed E-state index contributed by atoms with van der Waals surface area (Å²) in [6.07, 6.45) is 5.14. The fourth-order valence-corrected chi connectivity index (χ4v) is 2.12. The minimum atomic E-state index is -3.16. The smallest absolute Gasteiger partial charge is 0.387 e. The molecule has 0 saturated heterocycles. The highest BCUT2D eigenvalue weighted by Gasteiger charge is 2.23. The van der Waals surface area contributed by atoms with Crippen LogP contribution in [0.4, 0.5) is 18.9 Å². The molecule has 6 nitrogen and oxygen atoms in total. The molecule has 0 amide bonds. The summed E-state index contributed by atoms with van der Waals surface area (Å²) in [4.78, 5) is 0. The highest BCUT2D eigenvalue weighted by atomic mass is 19.3. The van der Waals surface area contributed by atoms with Crippen molar-refractivity contribution in [2.75, 3.05) is 11.9 Å². The van der Waals surface area contributed by atoms with E-state index < -0.39 is 23.9 Å². The van der Waals surface area contributed by atoms with Gasteiger partial charge in [-0.1, -0.05) is 5.92 Å².